The number of nitrogens with zero attached hydrogens (tertiary/aromatic N) is 2. The van der Waals surface area contributed by atoms with Crippen LogP contribution in [0.2, 0.25) is 0 Å². The Balaban J connectivity index is 2.30. The molecule has 0 bridgehead atoms. The average Bonchev–Trinajstić information content (AvgIpc) is 2.92. The van der Waals surface area contributed by atoms with Crippen LogP contribution in [0.1, 0.15) is 12.8 Å². The van der Waals surface area contributed by atoms with Gasteiger partial charge in [0.1, 0.15) is 11.9 Å². The number of hydrogen-bond acceptors (Lipinski definition) is 4. The Hall–Kier alpha value is -0.920. The van der Waals surface area contributed by atoms with Gasteiger partial charge in [-0.2, -0.15) is 0 Å². The van der Waals surface area contributed by atoms with Crippen LogP contribution in [0.5, 0.6) is 5.75 Å². The molecule has 0 spiro atoms. The molecule has 0 amide bonds. The first-order valence-electron chi connectivity index (χ1n) is 4.14. The van der Waals surface area contributed by atoms with Crippen molar-refractivity contribution in [3.8, 4) is 5.75 Å². The van der Waals surface area contributed by atoms with Crippen LogP contribution >= 0.6 is 22.6 Å². The highest BCUT2D eigenvalue weighted by Gasteiger charge is 2.26. The highest BCUT2D eigenvalue weighted by molar-refractivity contribution is 14.1. The van der Waals surface area contributed by atoms with Gasteiger partial charge in [-0.3, -0.25) is 0 Å². The van der Waals surface area contributed by atoms with Crippen LogP contribution in [0.3, 0.4) is 0 Å². The van der Waals surface area contributed by atoms with E-state index < -0.39 is 4.92 Å². The van der Waals surface area contributed by atoms with Crippen molar-refractivity contribution in [3.63, 3.8) is 0 Å². The molecule has 1 fully saturated rings. The number of ether oxygens (including phenoxy) is 1. The van der Waals surface area contributed by atoms with E-state index in [9.17, 15) is 10.1 Å². The highest BCUT2D eigenvalue weighted by Crippen LogP contribution is 2.32. The lowest BCUT2D eigenvalue weighted by atomic mass is 10.4. The van der Waals surface area contributed by atoms with Gasteiger partial charge in [-0.1, -0.05) is 0 Å². The number of pyridine rings is 1. The maximum atomic E-state index is 10.6. The van der Waals surface area contributed by atoms with E-state index in [1.165, 1.54) is 6.20 Å². The van der Waals surface area contributed by atoms with E-state index in [4.69, 9.17) is 4.74 Å². The first-order valence-corrected chi connectivity index (χ1v) is 5.22. The molecule has 1 aliphatic carbocycles. The average molecular weight is 306 g/mol. The lowest BCUT2D eigenvalue weighted by Gasteiger charge is -2.05. The van der Waals surface area contributed by atoms with E-state index in [1.807, 2.05) is 22.6 Å². The molecular formula is C8H7IN2O3. The predicted octanol–water partition coefficient (Wildman–Crippen LogP) is 2.14. The molecule has 1 aromatic rings. The minimum atomic E-state index is -0.498. The smallest absolute Gasteiger partial charge is 0.380 e. The molecule has 74 valence electrons. The molecule has 0 atom stereocenters. The molecule has 5 nitrogen and oxygen atoms in total. The molecule has 1 saturated carbocycles. The SMILES string of the molecule is O=[N+]([O-])c1nccc(OC2CC2)c1I. The van der Waals surface area contributed by atoms with E-state index >= 15 is 0 Å². The van der Waals surface area contributed by atoms with Crippen molar-refractivity contribution in [2.45, 2.75) is 18.9 Å². The van der Waals surface area contributed by atoms with Gasteiger partial charge in [-0.25, -0.2) is 0 Å². The van der Waals surface area contributed by atoms with Gasteiger partial charge in [0, 0.05) is 6.07 Å². The minimum Gasteiger partial charge on any atom is -0.489 e. The van der Waals surface area contributed by atoms with Crippen LogP contribution in [0.15, 0.2) is 12.3 Å². The Labute approximate surface area is 93.8 Å². The summed E-state index contributed by atoms with van der Waals surface area (Å²) in [5, 5.41) is 10.6. The van der Waals surface area contributed by atoms with Crippen molar-refractivity contribution >= 4 is 28.4 Å². The van der Waals surface area contributed by atoms with Gasteiger partial charge in [-0.15, -0.1) is 0 Å². The van der Waals surface area contributed by atoms with Crippen LogP contribution < -0.4 is 4.74 Å². The molecule has 0 unspecified atom stereocenters. The van der Waals surface area contributed by atoms with E-state index in [0.717, 1.165) is 12.8 Å². The van der Waals surface area contributed by atoms with Gasteiger partial charge in [0.2, 0.25) is 0 Å². The van der Waals surface area contributed by atoms with Gasteiger partial charge < -0.3 is 14.9 Å². The molecular weight excluding hydrogens is 299 g/mol. The van der Waals surface area contributed by atoms with E-state index in [-0.39, 0.29) is 11.9 Å². The first kappa shape index (κ1) is 9.63. The maximum absolute atomic E-state index is 10.6. The zero-order valence-corrected chi connectivity index (χ0v) is 9.30. The fourth-order valence-electron chi connectivity index (χ4n) is 0.999. The summed E-state index contributed by atoms with van der Waals surface area (Å²) in [6.45, 7) is 0. The second-order valence-electron chi connectivity index (χ2n) is 3.02. The standard InChI is InChI=1S/C8H7IN2O3/c9-7-6(14-5-1-2-5)3-4-10-8(7)11(12)13/h3-5H,1-2H2. The summed E-state index contributed by atoms with van der Waals surface area (Å²) < 4.78 is 5.97. The molecule has 0 saturated heterocycles. The first-order chi connectivity index (χ1) is 6.68. The summed E-state index contributed by atoms with van der Waals surface area (Å²) in [6, 6.07) is 1.66. The van der Waals surface area contributed by atoms with E-state index in [2.05, 4.69) is 4.98 Å². The normalized spacial score (nSPS) is 15.2. The summed E-state index contributed by atoms with van der Waals surface area (Å²) in [5.74, 6) is 0.429. The van der Waals surface area contributed by atoms with Crippen LogP contribution in [0, 0.1) is 13.7 Å². The van der Waals surface area contributed by atoms with Gasteiger partial charge in [-0.05, 0) is 45.3 Å². The zero-order valence-electron chi connectivity index (χ0n) is 7.14. The van der Waals surface area contributed by atoms with Crippen LogP contribution in [0.4, 0.5) is 5.82 Å². The Kier molecular flexibility index (Phi) is 2.53. The fraction of sp³-hybridized carbons (Fsp3) is 0.375. The third-order valence-corrected chi connectivity index (χ3v) is 2.84. The van der Waals surface area contributed by atoms with E-state index in [1.54, 1.807) is 6.07 Å². The number of halogens is 1. The maximum Gasteiger partial charge on any atom is 0.380 e. The van der Waals surface area contributed by atoms with Gasteiger partial charge in [0.05, 0.1) is 6.10 Å². The molecule has 6 heteroatoms. The Morgan fingerprint density at radius 3 is 2.93 bits per heavy atom. The minimum absolute atomic E-state index is 0.135. The molecule has 1 aromatic heterocycles. The topological polar surface area (TPSA) is 65.3 Å². The summed E-state index contributed by atoms with van der Waals surface area (Å²) >= 11 is 1.89. The number of nitro groups is 1. The lowest BCUT2D eigenvalue weighted by Crippen LogP contribution is -2.01. The third-order valence-electron chi connectivity index (χ3n) is 1.83. The molecule has 2 rings (SSSR count). The summed E-state index contributed by atoms with van der Waals surface area (Å²) in [4.78, 5) is 13.7. The predicted molar refractivity (Wildman–Crippen MR) is 57.3 cm³/mol. The molecule has 1 aliphatic rings. The van der Waals surface area contributed by atoms with E-state index in [0.29, 0.717) is 9.32 Å². The Bertz CT molecular complexity index is 379. The van der Waals surface area contributed by atoms with Crippen molar-refractivity contribution in [2.75, 3.05) is 0 Å². The summed E-state index contributed by atoms with van der Waals surface area (Å²) in [6.07, 6.45) is 3.71. The van der Waals surface area contributed by atoms with Crippen molar-refractivity contribution in [1.82, 2.24) is 4.98 Å². The Morgan fingerprint density at radius 2 is 2.36 bits per heavy atom. The molecule has 1 heterocycles. The quantitative estimate of drug-likeness (QED) is 0.487. The monoisotopic (exact) mass is 306 g/mol. The molecule has 0 aromatic carbocycles. The summed E-state index contributed by atoms with van der Waals surface area (Å²) in [5.41, 5.74) is 0. The van der Waals surface area contributed by atoms with Gasteiger partial charge in [0.25, 0.3) is 0 Å². The number of rotatable bonds is 3. The zero-order chi connectivity index (χ0) is 10.1. The molecule has 14 heavy (non-hydrogen) atoms. The second kappa shape index (κ2) is 3.68. The largest absolute Gasteiger partial charge is 0.489 e. The van der Waals surface area contributed by atoms with Crippen molar-refractivity contribution in [2.24, 2.45) is 0 Å². The van der Waals surface area contributed by atoms with Crippen molar-refractivity contribution < 1.29 is 9.66 Å². The van der Waals surface area contributed by atoms with Crippen LogP contribution in [-0.4, -0.2) is 16.0 Å². The highest BCUT2D eigenvalue weighted by atomic mass is 127. The van der Waals surface area contributed by atoms with Crippen LogP contribution in [-0.2, 0) is 0 Å². The second-order valence-corrected chi connectivity index (χ2v) is 4.10. The van der Waals surface area contributed by atoms with Gasteiger partial charge in [0.15, 0.2) is 3.57 Å². The molecule has 0 aliphatic heterocycles. The summed E-state index contributed by atoms with van der Waals surface area (Å²) in [7, 11) is 0. The third kappa shape index (κ3) is 1.94. The molecule has 0 radical (unpaired) electrons. The van der Waals surface area contributed by atoms with Gasteiger partial charge >= 0.3 is 5.82 Å². The number of hydrogen-bond donors (Lipinski definition) is 0. The Morgan fingerprint density at radius 1 is 1.64 bits per heavy atom. The fourth-order valence-corrected chi connectivity index (χ4v) is 1.64. The van der Waals surface area contributed by atoms with Crippen molar-refractivity contribution in [1.29, 1.82) is 0 Å². The molecule has 0 N–H and O–H groups in total. The lowest BCUT2D eigenvalue weighted by molar-refractivity contribution is -0.390. The van der Waals surface area contributed by atoms with Crippen LogP contribution in [0.25, 0.3) is 0 Å². The van der Waals surface area contributed by atoms with Crippen molar-refractivity contribution in [3.05, 3.63) is 25.9 Å². The number of aromatic nitrogens is 1.